The first-order valence-electron chi connectivity index (χ1n) is 7.34. The molecule has 0 aromatic carbocycles. The Kier molecular flexibility index (Phi) is 4.81. The molecule has 1 saturated carbocycles. The fraction of sp³-hybridized carbons (Fsp3) is 0.733. The Morgan fingerprint density at radius 2 is 2.20 bits per heavy atom. The molecule has 0 spiro atoms. The molecule has 1 N–H and O–H groups in total. The zero-order valence-corrected chi connectivity index (χ0v) is 11.8. The lowest BCUT2D eigenvalue weighted by Crippen LogP contribution is -2.47. The molecule has 2 atom stereocenters. The lowest BCUT2D eigenvalue weighted by molar-refractivity contribution is -0.225. The standard InChI is InChI=1S/C15H22O5/c1-2-19-14(17)15(18)9-12(8-13(10-16)20-15)11-6-4-3-5-7-11/h8,10-12,18H,2-7,9H2,1H3. The van der Waals surface area contributed by atoms with E-state index in [1.165, 1.54) is 6.42 Å². The number of rotatable bonds is 4. The van der Waals surface area contributed by atoms with Crippen LogP contribution in [0.5, 0.6) is 0 Å². The zero-order chi connectivity index (χ0) is 14.6. The zero-order valence-electron chi connectivity index (χ0n) is 11.8. The van der Waals surface area contributed by atoms with E-state index in [4.69, 9.17) is 9.47 Å². The van der Waals surface area contributed by atoms with Crippen molar-refractivity contribution in [1.82, 2.24) is 0 Å². The summed E-state index contributed by atoms with van der Waals surface area (Å²) in [5.74, 6) is -2.43. The van der Waals surface area contributed by atoms with Gasteiger partial charge in [0, 0.05) is 6.42 Å². The van der Waals surface area contributed by atoms with Crippen molar-refractivity contribution < 1.29 is 24.2 Å². The Morgan fingerprint density at radius 3 is 2.80 bits per heavy atom. The third-order valence-corrected chi connectivity index (χ3v) is 4.14. The summed E-state index contributed by atoms with van der Waals surface area (Å²) in [6.07, 6.45) is 8.11. The third kappa shape index (κ3) is 3.20. The van der Waals surface area contributed by atoms with Gasteiger partial charge in [-0.3, -0.25) is 4.79 Å². The molecule has 0 amide bonds. The Morgan fingerprint density at radius 1 is 1.50 bits per heavy atom. The molecule has 112 valence electrons. The highest BCUT2D eigenvalue weighted by Crippen LogP contribution is 2.39. The maximum Gasteiger partial charge on any atom is 0.379 e. The number of ether oxygens (including phenoxy) is 2. The van der Waals surface area contributed by atoms with E-state index < -0.39 is 11.8 Å². The van der Waals surface area contributed by atoms with Crippen LogP contribution >= 0.6 is 0 Å². The molecule has 1 aliphatic carbocycles. The Bertz CT molecular complexity index is 397. The maximum absolute atomic E-state index is 11.9. The number of allylic oxidation sites excluding steroid dienone is 2. The molecule has 0 bridgehead atoms. The first-order chi connectivity index (χ1) is 9.59. The quantitative estimate of drug-likeness (QED) is 0.630. The largest absolute Gasteiger partial charge is 0.461 e. The number of hydrogen-bond donors (Lipinski definition) is 1. The minimum absolute atomic E-state index is 0.0151. The van der Waals surface area contributed by atoms with Crippen LogP contribution in [-0.2, 0) is 19.1 Å². The van der Waals surface area contributed by atoms with E-state index in [9.17, 15) is 14.7 Å². The summed E-state index contributed by atoms with van der Waals surface area (Å²) in [6.45, 7) is 1.83. The predicted octanol–water partition coefficient (Wildman–Crippen LogP) is 1.94. The van der Waals surface area contributed by atoms with Gasteiger partial charge in [-0.1, -0.05) is 19.3 Å². The molecule has 5 heteroatoms. The smallest absolute Gasteiger partial charge is 0.379 e. The van der Waals surface area contributed by atoms with Crippen LogP contribution in [0.25, 0.3) is 0 Å². The molecule has 0 aromatic rings. The first kappa shape index (κ1) is 15.0. The summed E-state index contributed by atoms with van der Waals surface area (Å²) in [6, 6.07) is 0. The average Bonchev–Trinajstić information content (AvgIpc) is 2.48. The van der Waals surface area contributed by atoms with Gasteiger partial charge < -0.3 is 14.6 Å². The molecule has 1 aliphatic heterocycles. The maximum atomic E-state index is 11.9. The van der Waals surface area contributed by atoms with Crippen LogP contribution in [-0.4, -0.2) is 29.8 Å². The van der Waals surface area contributed by atoms with Crippen molar-refractivity contribution in [2.75, 3.05) is 6.61 Å². The minimum Gasteiger partial charge on any atom is -0.461 e. The van der Waals surface area contributed by atoms with Crippen molar-refractivity contribution in [1.29, 1.82) is 0 Å². The van der Waals surface area contributed by atoms with Gasteiger partial charge in [0.15, 0.2) is 12.0 Å². The molecule has 2 aliphatic rings. The number of hydrogen-bond acceptors (Lipinski definition) is 5. The predicted molar refractivity (Wildman–Crippen MR) is 71.5 cm³/mol. The molecule has 0 radical (unpaired) electrons. The van der Waals surface area contributed by atoms with E-state index in [0.29, 0.717) is 12.2 Å². The van der Waals surface area contributed by atoms with E-state index in [1.807, 2.05) is 0 Å². The Hall–Kier alpha value is -1.36. The number of esters is 1. The summed E-state index contributed by atoms with van der Waals surface area (Å²) in [7, 11) is 0. The fourth-order valence-electron chi connectivity index (χ4n) is 3.16. The van der Waals surface area contributed by atoms with Crippen molar-refractivity contribution in [3.8, 4) is 0 Å². The van der Waals surface area contributed by atoms with E-state index in [1.54, 1.807) is 13.0 Å². The van der Waals surface area contributed by atoms with Crippen molar-refractivity contribution >= 4 is 12.3 Å². The SMILES string of the molecule is CCOC(=O)C1(O)CC(C2CCCCC2)C=C(C=O)O1. The number of aliphatic hydroxyl groups is 1. The lowest BCUT2D eigenvalue weighted by atomic mass is 9.76. The van der Waals surface area contributed by atoms with E-state index >= 15 is 0 Å². The van der Waals surface area contributed by atoms with Crippen LogP contribution in [0.1, 0.15) is 45.4 Å². The van der Waals surface area contributed by atoms with E-state index in [-0.39, 0.29) is 24.7 Å². The molecule has 2 rings (SSSR count). The van der Waals surface area contributed by atoms with Gasteiger partial charge in [-0.05, 0) is 37.7 Å². The van der Waals surface area contributed by atoms with Gasteiger partial charge in [0.1, 0.15) is 0 Å². The van der Waals surface area contributed by atoms with Crippen molar-refractivity contribution in [2.45, 2.75) is 51.2 Å². The van der Waals surface area contributed by atoms with Crippen LogP contribution in [0, 0.1) is 11.8 Å². The van der Waals surface area contributed by atoms with Crippen LogP contribution < -0.4 is 0 Å². The number of aldehydes is 1. The number of carbonyl (C=O) groups is 2. The average molecular weight is 282 g/mol. The molecular formula is C15H22O5. The van der Waals surface area contributed by atoms with Gasteiger partial charge in [0.05, 0.1) is 6.61 Å². The van der Waals surface area contributed by atoms with Gasteiger partial charge in [0.2, 0.25) is 0 Å². The molecule has 2 unspecified atom stereocenters. The minimum atomic E-state index is -2.02. The molecule has 5 nitrogen and oxygen atoms in total. The summed E-state index contributed by atoms with van der Waals surface area (Å²) in [4.78, 5) is 22.9. The van der Waals surface area contributed by atoms with E-state index in [2.05, 4.69) is 0 Å². The molecule has 0 aromatic heterocycles. The molecule has 1 heterocycles. The van der Waals surface area contributed by atoms with Gasteiger partial charge in [0.25, 0.3) is 0 Å². The monoisotopic (exact) mass is 282 g/mol. The van der Waals surface area contributed by atoms with Crippen LogP contribution in [0.3, 0.4) is 0 Å². The van der Waals surface area contributed by atoms with Crippen molar-refractivity contribution in [2.24, 2.45) is 11.8 Å². The first-order valence-corrected chi connectivity index (χ1v) is 7.34. The number of carbonyl (C=O) groups excluding carboxylic acids is 2. The van der Waals surface area contributed by atoms with Crippen LogP contribution in [0.15, 0.2) is 11.8 Å². The molecule has 20 heavy (non-hydrogen) atoms. The lowest BCUT2D eigenvalue weighted by Gasteiger charge is -2.37. The van der Waals surface area contributed by atoms with Crippen LogP contribution in [0.2, 0.25) is 0 Å². The Balaban J connectivity index is 2.16. The Labute approximate surface area is 118 Å². The summed E-state index contributed by atoms with van der Waals surface area (Å²) < 4.78 is 9.99. The normalized spacial score (nSPS) is 31.1. The van der Waals surface area contributed by atoms with E-state index in [0.717, 1.165) is 25.7 Å². The highest BCUT2D eigenvalue weighted by atomic mass is 16.7. The van der Waals surface area contributed by atoms with Crippen molar-refractivity contribution in [3.05, 3.63) is 11.8 Å². The van der Waals surface area contributed by atoms with Gasteiger partial charge >= 0.3 is 11.8 Å². The highest BCUT2D eigenvalue weighted by Gasteiger charge is 2.47. The van der Waals surface area contributed by atoms with Gasteiger partial charge in [-0.2, -0.15) is 0 Å². The molecule has 1 fully saturated rings. The van der Waals surface area contributed by atoms with Crippen LogP contribution in [0.4, 0.5) is 0 Å². The summed E-state index contributed by atoms with van der Waals surface area (Å²) in [5.41, 5.74) is 0. The second-order valence-electron chi connectivity index (χ2n) is 5.56. The topological polar surface area (TPSA) is 72.8 Å². The second kappa shape index (κ2) is 6.39. The summed E-state index contributed by atoms with van der Waals surface area (Å²) >= 11 is 0. The highest BCUT2D eigenvalue weighted by molar-refractivity contribution is 5.80. The van der Waals surface area contributed by atoms with Crippen molar-refractivity contribution in [3.63, 3.8) is 0 Å². The van der Waals surface area contributed by atoms with Gasteiger partial charge in [-0.15, -0.1) is 0 Å². The van der Waals surface area contributed by atoms with Gasteiger partial charge in [-0.25, -0.2) is 4.79 Å². The third-order valence-electron chi connectivity index (χ3n) is 4.14. The molecular weight excluding hydrogens is 260 g/mol. The summed E-state index contributed by atoms with van der Waals surface area (Å²) in [5, 5.41) is 10.4. The fourth-order valence-corrected chi connectivity index (χ4v) is 3.16. The second-order valence-corrected chi connectivity index (χ2v) is 5.56. The molecule has 0 saturated heterocycles.